The molecular weight excluding hydrogens is 447 g/mol. The van der Waals surface area contributed by atoms with Crippen molar-refractivity contribution in [1.82, 2.24) is 19.9 Å². The summed E-state index contributed by atoms with van der Waals surface area (Å²) in [5.41, 5.74) is 1.06. The zero-order chi connectivity index (χ0) is 24.1. The molecule has 180 valence electrons. The first kappa shape index (κ1) is 23.9. The largest absolute Gasteiger partial charge is 0.418 e. The van der Waals surface area contributed by atoms with E-state index in [9.17, 15) is 18.0 Å². The summed E-state index contributed by atoms with van der Waals surface area (Å²) in [5, 5.41) is 6.46. The molecule has 0 aliphatic carbocycles. The number of anilines is 1. The Hall–Kier alpha value is -3.24. The van der Waals surface area contributed by atoms with Gasteiger partial charge in [-0.25, -0.2) is 0 Å². The first-order chi connectivity index (χ1) is 16.3. The molecular formula is C24H26F3N5O2. The van der Waals surface area contributed by atoms with Crippen LogP contribution in [0.2, 0.25) is 0 Å². The summed E-state index contributed by atoms with van der Waals surface area (Å²) in [7, 11) is 0. The first-order valence-corrected chi connectivity index (χ1v) is 11.1. The minimum Gasteiger partial charge on any atom is -0.338 e. The summed E-state index contributed by atoms with van der Waals surface area (Å²) in [6.45, 7) is 5.18. The van der Waals surface area contributed by atoms with Crippen LogP contribution in [0.25, 0.3) is 11.4 Å². The van der Waals surface area contributed by atoms with Gasteiger partial charge in [0.25, 0.3) is 0 Å². The molecule has 0 atom stereocenters. The van der Waals surface area contributed by atoms with E-state index in [4.69, 9.17) is 4.52 Å². The van der Waals surface area contributed by atoms with Crippen molar-refractivity contribution in [3.8, 4) is 11.4 Å². The topological polar surface area (TPSA) is 74.5 Å². The predicted molar refractivity (Wildman–Crippen MR) is 121 cm³/mol. The van der Waals surface area contributed by atoms with Gasteiger partial charge in [-0.15, -0.1) is 0 Å². The quantitative estimate of drug-likeness (QED) is 0.558. The first-order valence-electron chi connectivity index (χ1n) is 11.1. The maximum absolute atomic E-state index is 13.1. The highest BCUT2D eigenvalue weighted by molar-refractivity contribution is 5.93. The SMILES string of the molecule is CCc1ccc(-c2noc(CN3CCN(CC(=O)Nc4ccccc4C(F)(F)F)CC3)n2)cc1. The molecule has 0 unspecified atom stereocenters. The van der Waals surface area contributed by atoms with Crippen molar-refractivity contribution in [2.75, 3.05) is 38.0 Å². The lowest BCUT2D eigenvalue weighted by Crippen LogP contribution is -2.48. The number of nitrogens with zero attached hydrogens (tertiary/aromatic N) is 4. The third-order valence-corrected chi connectivity index (χ3v) is 5.79. The maximum Gasteiger partial charge on any atom is 0.418 e. The van der Waals surface area contributed by atoms with Gasteiger partial charge in [-0.1, -0.05) is 48.5 Å². The number of benzene rings is 2. The summed E-state index contributed by atoms with van der Waals surface area (Å²) >= 11 is 0. The average molecular weight is 473 g/mol. The number of rotatable bonds is 7. The number of aromatic nitrogens is 2. The number of alkyl halides is 3. The zero-order valence-corrected chi connectivity index (χ0v) is 18.8. The molecule has 4 rings (SSSR count). The van der Waals surface area contributed by atoms with Gasteiger partial charge in [-0.3, -0.25) is 14.6 Å². The van der Waals surface area contributed by atoms with Crippen LogP contribution in [-0.2, 0) is 23.9 Å². The van der Waals surface area contributed by atoms with Gasteiger partial charge in [0.2, 0.25) is 17.6 Å². The van der Waals surface area contributed by atoms with Gasteiger partial charge in [-0.05, 0) is 24.1 Å². The fourth-order valence-electron chi connectivity index (χ4n) is 3.85. The Morgan fingerprint density at radius 3 is 2.38 bits per heavy atom. The van der Waals surface area contributed by atoms with Gasteiger partial charge in [0, 0.05) is 31.7 Å². The Labute approximate surface area is 195 Å². The summed E-state index contributed by atoms with van der Waals surface area (Å²) in [5.74, 6) is 0.595. The second-order valence-corrected chi connectivity index (χ2v) is 8.21. The van der Waals surface area contributed by atoms with E-state index in [0.717, 1.165) is 18.1 Å². The molecule has 2 heterocycles. The lowest BCUT2D eigenvalue weighted by molar-refractivity contribution is -0.137. The normalized spacial score (nSPS) is 15.4. The molecule has 0 bridgehead atoms. The van der Waals surface area contributed by atoms with Gasteiger partial charge in [0.1, 0.15) is 0 Å². The summed E-state index contributed by atoms with van der Waals surface area (Å²) in [6.07, 6.45) is -3.56. The van der Waals surface area contributed by atoms with Gasteiger partial charge in [-0.2, -0.15) is 18.2 Å². The molecule has 1 aliphatic heterocycles. The van der Waals surface area contributed by atoms with Gasteiger partial charge in [0.05, 0.1) is 24.3 Å². The Balaban J connectivity index is 1.26. The maximum atomic E-state index is 13.1. The highest BCUT2D eigenvalue weighted by Crippen LogP contribution is 2.34. The van der Waals surface area contributed by atoms with Crippen molar-refractivity contribution < 1.29 is 22.5 Å². The Bertz CT molecular complexity index is 1110. The molecule has 1 amide bonds. The smallest absolute Gasteiger partial charge is 0.338 e. The van der Waals surface area contributed by atoms with E-state index < -0.39 is 17.6 Å². The zero-order valence-electron chi connectivity index (χ0n) is 18.8. The standard InChI is InChI=1S/C24H26F3N5O2/c1-2-17-7-9-18(10-8-17)23-29-22(34-30-23)16-32-13-11-31(12-14-32)15-21(33)28-20-6-4-3-5-19(20)24(25,26)27/h3-10H,2,11-16H2,1H3,(H,28,33). The fraction of sp³-hybridized carbons (Fsp3) is 0.375. The highest BCUT2D eigenvalue weighted by atomic mass is 19.4. The Morgan fingerprint density at radius 1 is 1.03 bits per heavy atom. The molecule has 0 spiro atoms. The molecule has 1 aliphatic rings. The van der Waals surface area contributed by atoms with Crippen molar-refractivity contribution in [2.24, 2.45) is 0 Å². The molecule has 1 aromatic heterocycles. The van der Waals surface area contributed by atoms with E-state index in [2.05, 4.69) is 27.3 Å². The monoisotopic (exact) mass is 473 g/mol. The Kier molecular flexibility index (Phi) is 7.28. The predicted octanol–water partition coefficient (Wildman–Crippen LogP) is 4.07. The van der Waals surface area contributed by atoms with Gasteiger partial charge in [0.15, 0.2) is 0 Å². The van der Waals surface area contributed by atoms with E-state index in [1.165, 1.54) is 23.8 Å². The molecule has 7 nitrogen and oxygen atoms in total. The third kappa shape index (κ3) is 6.00. The van der Waals surface area contributed by atoms with Crippen LogP contribution in [0, 0.1) is 0 Å². The Morgan fingerprint density at radius 2 is 1.71 bits per heavy atom. The van der Waals surface area contributed by atoms with E-state index >= 15 is 0 Å². The molecule has 2 aromatic carbocycles. The number of para-hydroxylation sites is 1. The van der Waals surface area contributed by atoms with Crippen LogP contribution in [0.4, 0.5) is 18.9 Å². The molecule has 1 N–H and O–H groups in total. The number of amides is 1. The van der Waals surface area contributed by atoms with Crippen LogP contribution in [-0.4, -0.2) is 58.6 Å². The van der Waals surface area contributed by atoms with Crippen molar-refractivity contribution in [1.29, 1.82) is 0 Å². The second kappa shape index (κ2) is 10.4. The number of nitrogens with one attached hydrogen (secondary N) is 1. The van der Waals surface area contributed by atoms with Crippen LogP contribution < -0.4 is 5.32 Å². The lowest BCUT2D eigenvalue weighted by Gasteiger charge is -2.33. The molecule has 1 fully saturated rings. The van der Waals surface area contributed by atoms with E-state index in [1.54, 1.807) is 0 Å². The molecule has 0 radical (unpaired) electrons. The van der Waals surface area contributed by atoms with Crippen molar-refractivity contribution >= 4 is 11.6 Å². The number of carbonyl (C=O) groups is 1. The van der Waals surface area contributed by atoms with E-state index in [0.29, 0.717) is 44.4 Å². The lowest BCUT2D eigenvalue weighted by atomic mass is 10.1. The number of hydrogen-bond acceptors (Lipinski definition) is 6. The molecule has 10 heteroatoms. The van der Waals surface area contributed by atoms with E-state index in [-0.39, 0.29) is 12.2 Å². The number of aryl methyl sites for hydroxylation is 1. The number of carbonyl (C=O) groups excluding carboxylic acids is 1. The number of piperazine rings is 1. The minimum absolute atomic E-state index is 0.0263. The van der Waals surface area contributed by atoms with Crippen LogP contribution in [0.15, 0.2) is 53.1 Å². The number of hydrogen-bond donors (Lipinski definition) is 1. The summed E-state index contributed by atoms with van der Waals surface area (Å²) in [4.78, 5) is 20.9. The molecule has 34 heavy (non-hydrogen) atoms. The third-order valence-electron chi connectivity index (χ3n) is 5.79. The average Bonchev–Trinajstić information content (AvgIpc) is 3.28. The highest BCUT2D eigenvalue weighted by Gasteiger charge is 2.33. The van der Waals surface area contributed by atoms with Gasteiger partial charge >= 0.3 is 6.18 Å². The van der Waals surface area contributed by atoms with Crippen molar-refractivity contribution in [3.05, 3.63) is 65.5 Å². The van der Waals surface area contributed by atoms with Crippen LogP contribution >= 0.6 is 0 Å². The van der Waals surface area contributed by atoms with Gasteiger partial charge < -0.3 is 9.84 Å². The molecule has 0 saturated carbocycles. The van der Waals surface area contributed by atoms with Crippen molar-refractivity contribution in [3.63, 3.8) is 0 Å². The van der Waals surface area contributed by atoms with Crippen LogP contribution in [0.3, 0.4) is 0 Å². The second-order valence-electron chi connectivity index (χ2n) is 8.21. The van der Waals surface area contributed by atoms with Crippen LogP contribution in [0.1, 0.15) is 23.9 Å². The van der Waals surface area contributed by atoms with E-state index in [1.807, 2.05) is 29.2 Å². The number of halogens is 3. The van der Waals surface area contributed by atoms with Crippen molar-refractivity contribution in [2.45, 2.75) is 26.1 Å². The van der Waals surface area contributed by atoms with Crippen LogP contribution in [0.5, 0.6) is 0 Å². The summed E-state index contributed by atoms with van der Waals surface area (Å²) < 4.78 is 44.8. The summed E-state index contributed by atoms with van der Waals surface area (Å²) in [6, 6.07) is 13.0. The molecule has 3 aromatic rings. The fourth-order valence-corrected chi connectivity index (χ4v) is 3.85. The minimum atomic E-state index is -4.52. The molecule has 1 saturated heterocycles.